The molecule has 2 saturated heterocycles. The molecular formula is C11H19N7O. The Kier molecular flexibility index (Phi) is 3.09. The lowest BCUT2D eigenvalue weighted by Crippen LogP contribution is -2.48. The lowest BCUT2D eigenvalue weighted by molar-refractivity contribution is -0.135. The average Bonchev–Trinajstić information content (AvgIpc) is 3.00. The first-order chi connectivity index (χ1) is 9.19. The van der Waals surface area contributed by atoms with Gasteiger partial charge in [-0.15, -0.1) is 0 Å². The van der Waals surface area contributed by atoms with Crippen LogP contribution in [0.3, 0.4) is 0 Å². The molecule has 1 aromatic rings. The van der Waals surface area contributed by atoms with Crippen molar-refractivity contribution in [1.82, 2.24) is 30.4 Å². The normalized spacial score (nSPS) is 27.1. The van der Waals surface area contributed by atoms with Crippen molar-refractivity contribution in [1.29, 1.82) is 0 Å². The zero-order valence-corrected chi connectivity index (χ0v) is 10.9. The highest BCUT2D eigenvalue weighted by molar-refractivity contribution is 5.76. The zero-order chi connectivity index (χ0) is 13.3. The van der Waals surface area contributed by atoms with Gasteiger partial charge in [0.25, 0.3) is 0 Å². The third kappa shape index (κ3) is 2.40. The fourth-order valence-electron chi connectivity index (χ4n) is 3.12. The second-order valence-corrected chi connectivity index (χ2v) is 5.54. The Morgan fingerprint density at radius 2 is 2.37 bits per heavy atom. The summed E-state index contributed by atoms with van der Waals surface area (Å²) in [5.41, 5.74) is 5.86. The number of piperidine rings is 1. The summed E-state index contributed by atoms with van der Waals surface area (Å²) in [7, 11) is 0. The van der Waals surface area contributed by atoms with Gasteiger partial charge in [0.1, 0.15) is 6.54 Å². The molecular weight excluding hydrogens is 246 g/mol. The van der Waals surface area contributed by atoms with E-state index in [9.17, 15) is 4.79 Å². The first-order valence-corrected chi connectivity index (χ1v) is 6.69. The number of likely N-dealkylation sites (tertiary alicyclic amines) is 1. The van der Waals surface area contributed by atoms with Gasteiger partial charge in [0.05, 0.1) is 0 Å². The van der Waals surface area contributed by atoms with E-state index in [1.807, 2.05) is 4.90 Å². The van der Waals surface area contributed by atoms with Crippen molar-refractivity contribution < 1.29 is 4.79 Å². The van der Waals surface area contributed by atoms with Gasteiger partial charge < -0.3 is 16.0 Å². The second-order valence-electron chi connectivity index (χ2n) is 5.54. The van der Waals surface area contributed by atoms with E-state index in [-0.39, 0.29) is 23.8 Å². The number of tetrazole rings is 1. The van der Waals surface area contributed by atoms with Crippen molar-refractivity contribution in [3.05, 3.63) is 0 Å². The molecule has 3 rings (SSSR count). The number of aromatic nitrogens is 4. The van der Waals surface area contributed by atoms with Gasteiger partial charge in [0.15, 0.2) is 0 Å². The summed E-state index contributed by atoms with van der Waals surface area (Å²) in [6.45, 7) is 3.86. The number of carbonyl (C=O) groups is 1. The van der Waals surface area contributed by atoms with E-state index in [0.29, 0.717) is 0 Å². The van der Waals surface area contributed by atoms with Crippen molar-refractivity contribution in [2.24, 2.45) is 5.41 Å². The fourth-order valence-corrected chi connectivity index (χ4v) is 3.12. The van der Waals surface area contributed by atoms with E-state index in [1.165, 1.54) is 11.1 Å². The Morgan fingerprint density at radius 1 is 1.47 bits per heavy atom. The molecule has 0 saturated carbocycles. The molecule has 3 heterocycles. The van der Waals surface area contributed by atoms with E-state index in [0.717, 1.165) is 39.0 Å². The van der Waals surface area contributed by atoms with Gasteiger partial charge in [-0.25, -0.2) is 4.68 Å². The first-order valence-electron chi connectivity index (χ1n) is 6.69. The molecule has 1 amide bonds. The molecule has 2 fully saturated rings. The van der Waals surface area contributed by atoms with Crippen molar-refractivity contribution >= 4 is 11.9 Å². The molecule has 1 atom stereocenters. The molecule has 0 aliphatic carbocycles. The first kappa shape index (κ1) is 12.3. The topological polar surface area (TPSA) is 102 Å². The van der Waals surface area contributed by atoms with Crippen LogP contribution in [0.2, 0.25) is 0 Å². The van der Waals surface area contributed by atoms with E-state index < -0.39 is 0 Å². The number of rotatable bonds is 2. The van der Waals surface area contributed by atoms with Crippen LogP contribution < -0.4 is 11.1 Å². The summed E-state index contributed by atoms with van der Waals surface area (Å²) in [5.74, 6) is 0.229. The van der Waals surface area contributed by atoms with Crippen molar-refractivity contribution in [2.45, 2.75) is 25.8 Å². The van der Waals surface area contributed by atoms with Crippen LogP contribution in [0.4, 0.5) is 5.95 Å². The largest absolute Gasteiger partial charge is 0.367 e. The SMILES string of the molecule is Nc1nnnn1CC(=O)N1CCCC2(CCNC2)C1. The summed E-state index contributed by atoms with van der Waals surface area (Å²) in [4.78, 5) is 14.2. The smallest absolute Gasteiger partial charge is 0.244 e. The van der Waals surface area contributed by atoms with Gasteiger partial charge in [-0.2, -0.15) is 0 Å². The lowest BCUT2D eigenvalue weighted by Gasteiger charge is -2.40. The number of carbonyl (C=O) groups excluding carboxylic acids is 1. The summed E-state index contributed by atoms with van der Waals surface area (Å²) in [6, 6.07) is 0. The third-order valence-corrected chi connectivity index (χ3v) is 4.19. The predicted octanol–water partition coefficient (Wildman–Crippen LogP) is -1.14. The number of nitrogens with one attached hydrogen (secondary N) is 1. The van der Waals surface area contributed by atoms with Gasteiger partial charge in [-0.3, -0.25) is 4.79 Å². The molecule has 1 unspecified atom stereocenters. The van der Waals surface area contributed by atoms with E-state index in [4.69, 9.17) is 5.73 Å². The zero-order valence-electron chi connectivity index (χ0n) is 10.9. The minimum atomic E-state index is 0.0463. The number of hydrogen-bond donors (Lipinski definition) is 2. The highest BCUT2D eigenvalue weighted by Crippen LogP contribution is 2.35. The van der Waals surface area contributed by atoms with Crippen LogP contribution >= 0.6 is 0 Å². The Bertz CT molecular complexity index is 465. The second kappa shape index (κ2) is 4.76. The third-order valence-electron chi connectivity index (χ3n) is 4.19. The van der Waals surface area contributed by atoms with Crippen LogP contribution in [0.25, 0.3) is 0 Å². The minimum absolute atomic E-state index is 0.0463. The number of amides is 1. The summed E-state index contributed by atoms with van der Waals surface area (Å²) >= 11 is 0. The minimum Gasteiger partial charge on any atom is -0.367 e. The average molecular weight is 265 g/mol. The molecule has 1 aromatic heterocycles. The standard InChI is InChI=1S/C11H19N7O/c12-10-14-15-16-18(10)6-9(19)17-5-1-2-11(8-17)3-4-13-7-11/h13H,1-8H2,(H2,12,14,16). The molecule has 2 aliphatic heterocycles. The highest BCUT2D eigenvalue weighted by Gasteiger charge is 2.39. The van der Waals surface area contributed by atoms with Crippen molar-refractivity contribution in [3.63, 3.8) is 0 Å². The monoisotopic (exact) mass is 265 g/mol. The molecule has 8 nitrogen and oxygen atoms in total. The number of nitrogen functional groups attached to an aromatic ring is 1. The van der Waals surface area contributed by atoms with Crippen LogP contribution in [0.1, 0.15) is 19.3 Å². The Hall–Kier alpha value is -1.70. The summed E-state index contributed by atoms with van der Waals surface area (Å²) in [5, 5.41) is 14.1. The van der Waals surface area contributed by atoms with E-state index >= 15 is 0 Å². The van der Waals surface area contributed by atoms with Gasteiger partial charge in [0, 0.05) is 25.0 Å². The molecule has 19 heavy (non-hydrogen) atoms. The van der Waals surface area contributed by atoms with Crippen LogP contribution in [-0.2, 0) is 11.3 Å². The maximum absolute atomic E-state index is 12.3. The molecule has 0 aromatic carbocycles. The Labute approximate surface area is 111 Å². The molecule has 3 N–H and O–H groups in total. The Balaban J connectivity index is 1.65. The van der Waals surface area contributed by atoms with E-state index in [2.05, 4.69) is 20.8 Å². The Morgan fingerprint density at radius 3 is 3.05 bits per heavy atom. The van der Waals surface area contributed by atoms with Crippen LogP contribution in [0, 0.1) is 5.41 Å². The van der Waals surface area contributed by atoms with Crippen LogP contribution in [0.5, 0.6) is 0 Å². The maximum atomic E-state index is 12.3. The van der Waals surface area contributed by atoms with Crippen LogP contribution in [-0.4, -0.2) is 57.2 Å². The summed E-state index contributed by atoms with van der Waals surface area (Å²) in [6.07, 6.45) is 3.43. The molecule has 1 spiro atoms. The molecule has 0 bridgehead atoms. The van der Waals surface area contributed by atoms with Crippen molar-refractivity contribution in [3.8, 4) is 0 Å². The highest BCUT2D eigenvalue weighted by atomic mass is 16.2. The van der Waals surface area contributed by atoms with Gasteiger partial charge in [0.2, 0.25) is 11.9 Å². The molecule has 0 radical (unpaired) electrons. The quantitative estimate of drug-likeness (QED) is 0.700. The number of nitrogens with two attached hydrogens (primary N) is 1. The number of hydrogen-bond acceptors (Lipinski definition) is 6. The van der Waals surface area contributed by atoms with E-state index in [1.54, 1.807) is 0 Å². The predicted molar refractivity (Wildman–Crippen MR) is 68.0 cm³/mol. The van der Waals surface area contributed by atoms with Gasteiger partial charge in [-0.05, 0) is 36.2 Å². The number of anilines is 1. The lowest BCUT2D eigenvalue weighted by atomic mass is 9.79. The number of nitrogens with zero attached hydrogens (tertiary/aromatic N) is 5. The van der Waals surface area contributed by atoms with Crippen LogP contribution in [0.15, 0.2) is 0 Å². The maximum Gasteiger partial charge on any atom is 0.244 e. The van der Waals surface area contributed by atoms with Gasteiger partial charge in [-0.1, -0.05) is 5.10 Å². The molecule has 8 heteroatoms. The molecule has 104 valence electrons. The van der Waals surface area contributed by atoms with Crippen molar-refractivity contribution in [2.75, 3.05) is 31.9 Å². The molecule has 2 aliphatic rings. The fraction of sp³-hybridized carbons (Fsp3) is 0.818. The van der Waals surface area contributed by atoms with Gasteiger partial charge >= 0.3 is 0 Å². The summed E-state index contributed by atoms with van der Waals surface area (Å²) < 4.78 is 1.34.